The third kappa shape index (κ3) is 3.09. The van der Waals surface area contributed by atoms with Crippen molar-refractivity contribution in [3.63, 3.8) is 0 Å². The summed E-state index contributed by atoms with van der Waals surface area (Å²) in [6.07, 6.45) is 3.71. The molecule has 5 nitrogen and oxygen atoms in total. The first kappa shape index (κ1) is 14.1. The van der Waals surface area contributed by atoms with Crippen molar-refractivity contribution >= 4 is 5.91 Å². The Labute approximate surface area is 129 Å². The monoisotopic (exact) mass is 294 g/mol. The van der Waals surface area contributed by atoms with Crippen molar-refractivity contribution in [1.82, 2.24) is 20.1 Å². The fraction of sp³-hybridized carbons (Fsp3) is 0.176. The van der Waals surface area contributed by atoms with Gasteiger partial charge in [-0.3, -0.25) is 9.48 Å². The van der Waals surface area contributed by atoms with Gasteiger partial charge in [0, 0.05) is 30.5 Å². The van der Waals surface area contributed by atoms with Gasteiger partial charge in [-0.1, -0.05) is 30.3 Å². The molecular weight excluding hydrogens is 276 g/mol. The molecule has 0 unspecified atom stereocenters. The van der Waals surface area contributed by atoms with Gasteiger partial charge in [0.15, 0.2) is 0 Å². The van der Waals surface area contributed by atoms with E-state index in [0.717, 1.165) is 23.4 Å². The summed E-state index contributed by atoms with van der Waals surface area (Å²) in [5, 5.41) is 7.08. The third-order valence-corrected chi connectivity index (χ3v) is 3.48. The smallest absolute Gasteiger partial charge is 0.267 e. The number of hydrogen-bond acceptors (Lipinski definition) is 2. The zero-order chi connectivity index (χ0) is 15.4. The SMILES string of the molecule is CCn1cc(CNC(=O)c2ccc(-c3ccccc3)[nH]2)cn1. The maximum Gasteiger partial charge on any atom is 0.267 e. The van der Waals surface area contributed by atoms with Gasteiger partial charge in [0.2, 0.25) is 0 Å². The number of amides is 1. The first-order chi connectivity index (χ1) is 10.8. The van der Waals surface area contributed by atoms with Gasteiger partial charge in [0.1, 0.15) is 5.69 Å². The number of hydrogen-bond donors (Lipinski definition) is 2. The predicted octanol–water partition coefficient (Wildman–Crippen LogP) is 2.83. The van der Waals surface area contributed by atoms with Crippen LogP contribution in [0.25, 0.3) is 11.3 Å². The molecule has 0 atom stereocenters. The summed E-state index contributed by atoms with van der Waals surface area (Å²) in [6.45, 7) is 3.32. The summed E-state index contributed by atoms with van der Waals surface area (Å²) in [6, 6.07) is 13.6. The van der Waals surface area contributed by atoms with Gasteiger partial charge in [-0.05, 0) is 24.6 Å². The lowest BCUT2D eigenvalue weighted by Crippen LogP contribution is -2.22. The molecule has 2 heterocycles. The highest BCUT2D eigenvalue weighted by Gasteiger charge is 2.09. The Bertz CT molecular complexity index is 758. The van der Waals surface area contributed by atoms with Crippen LogP contribution < -0.4 is 5.32 Å². The van der Waals surface area contributed by atoms with Crippen LogP contribution in [-0.2, 0) is 13.1 Å². The van der Waals surface area contributed by atoms with Crippen molar-refractivity contribution in [3.8, 4) is 11.3 Å². The summed E-state index contributed by atoms with van der Waals surface area (Å²) in [4.78, 5) is 15.3. The standard InChI is InChI=1S/C17H18N4O/c1-2-21-12-13(11-19-21)10-18-17(22)16-9-8-15(20-16)14-6-4-3-5-7-14/h3-9,11-12,20H,2,10H2,1H3,(H,18,22). The molecular formula is C17H18N4O. The molecule has 0 saturated carbocycles. The highest BCUT2D eigenvalue weighted by Crippen LogP contribution is 2.17. The van der Waals surface area contributed by atoms with E-state index in [0.29, 0.717) is 12.2 Å². The second-order valence-corrected chi connectivity index (χ2v) is 5.04. The summed E-state index contributed by atoms with van der Waals surface area (Å²) >= 11 is 0. The zero-order valence-electron chi connectivity index (χ0n) is 12.4. The van der Waals surface area contributed by atoms with Gasteiger partial charge in [-0.25, -0.2) is 0 Å². The molecule has 5 heteroatoms. The van der Waals surface area contributed by atoms with Crippen LogP contribution in [0.3, 0.4) is 0 Å². The summed E-state index contributed by atoms with van der Waals surface area (Å²) < 4.78 is 1.84. The number of carbonyl (C=O) groups is 1. The number of rotatable bonds is 5. The summed E-state index contributed by atoms with van der Waals surface area (Å²) in [5.41, 5.74) is 3.54. The zero-order valence-corrected chi connectivity index (χ0v) is 12.4. The first-order valence-corrected chi connectivity index (χ1v) is 7.30. The molecule has 0 radical (unpaired) electrons. The molecule has 2 N–H and O–H groups in total. The molecule has 0 fully saturated rings. The number of aromatic nitrogens is 3. The van der Waals surface area contributed by atoms with Crippen molar-refractivity contribution < 1.29 is 4.79 Å². The quantitative estimate of drug-likeness (QED) is 0.760. The van der Waals surface area contributed by atoms with Crippen LogP contribution in [0.5, 0.6) is 0 Å². The number of benzene rings is 1. The number of H-pyrrole nitrogens is 1. The predicted molar refractivity (Wildman–Crippen MR) is 85.3 cm³/mol. The Hall–Kier alpha value is -2.82. The fourth-order valence-electron chi connectivity index (χ4n) is 2.26. The molecule has 3 rings (SSSR count). The summed E-state index contributed by atoms with van der Waals surface area (Å²) in [7, 11) is 0. The van der Waals surface area contributed by atoms with Crippen LogP contribution >= 0.6 is 0 Å². The van der Waals surface area contributed by atoms with Crippen LogP contribution in [0.4, 0.5) is 0 Å². The van der Waals surface area contributed by atoms with E-state index in [2.05, 4.69) is 15.4 Å². The number of nitrogens with zero attached hydrogens (tertiary/aromatic N) is 2. The number of aryl methyl sites for hydroxylation is 1. The summed E-state index contributed by atoms with van der Waals surface area (Å²) in [5.74, 6) is -0.119. The van der Waals surface area contributed by atoms with Gasteiger partial charge in [-0.15, -0.1) is 0 Å². The molecule has 22 heavy (non-hydrogen) atoms. The van der Waals surface area contributed by atoms with Crippen LogP contribution in [0.15, 0.2) is 54.9 Å². The minimum Gasteiger partial charge on any atom is -0.351 e. The Kier molecular flexibility index (Phi) is 4.05. The second kappa shape index (κ2) is 6.30. The molecule has 0 aliphatic heterocycles. The molecule has 0 aliphatic rings. The van der Waals surface area contributed by atoms with E-state index in [1.165, 1.54) is 0 Å². The molecule has 0 aliphatic carbocycles. The van der Waals surface area contributed by atoms with Gasteiger partial charge >= 0.3 is 0 Å². The van der Waals surface area contributed by atoms with Crippen LogP contribution in [0.1, 0.15) is 23.0 Å². The van der Waals surface area contributed by atoms with Gasteiger partial charge < -0.3 is 10.3 Å². The van der Waals surface area contributed by atoms with E-state index in [9.17, 15) is 4.79 Å². The number of carbonyl (C=O) groups excluding carboxylic acids is 1. The molecule has 3 aromatic rings. The Balaban J connectivity index is 1.64. The lowest BCUT2D eigenvalue weighted by Gasteiger charge is -2.02. The van der Waals surface area contributed by atoms with Crippen LogP contribution in [-0.4, -0.2) is 20.7 Å². The lowest BCUT2D eigenvalue weighted by molar-refractivity contribution is 0.0946. The normalized spacial score (nSPS) is 10.6. The largest absolute Gasteiger partial charge is 0.351 e. The molecule has 1 amide bonds. The van der Waals surface area contributed by atoms with Gasteiger partial charge in [-0.2, -0.15) is 5.10 Å². The lowest BCUT2D eigenvalue weighted by atomic mass is 10.2. The molecule has 112 valence electrons. The average Bonchev–Trinajstić information content (AvgIpc) is 3.22. The van der Waals surface area contributed by atoms with Crippen LogP contribution in [0, 0.1) is 0 Å². The topological polar surface area (TPSA) is 62.7 Å². The van der Waals surface area contributed by atoms with E-state index >= 15 is 0 Å². The molecule has 2 aromatic heterocycles. The van der Waals surface area contributed by atoms with Crippen molar-refractivity contribution in [2.24, 2.45) is 0 Å². The second-order valence-electron chi connectivity index (χ2n) is 5.04. The van der Waals surface area contributed by atoms with Crippen LogP contribution in [0.2, 0.25) is 0 Å². The molecule has 1 aromatic carbocycles. The Morgan fingerprint density at radius 3 is 2.77 bits per heavy atom. The highest BCUT2D eigenvalue weighted by atomic mass is 16.1. The average molecular weight is 294 g/mol. The van der Waals surface area contributed by atoms with E-state index in [4.69, 9.17) is 0 Å². The van der Waals surface area contributed by atoms with Gasteiger partial charge in [0.05, 0.1) is 6.20 Å². The Morgan fingerprint density at radius 2 is 2.05 bits per heavy atom. The molecule has 0 bridgehead atoms. The first-order valence-electron chi connectivity index (χ1n) is 7.30. The maximum absolute atomic E-state index is 12.2. The minimum absolute atomic E-state index is 0.119. The van der Waals surface area contributed by atoms with Crippen molar-refractivity contribution in [3.05, 3.63) is 66.1 Å². The van der Waals surface area contributed by atoms with E-state index in [-0.39, 0.29) is 5.91 Å². The number of nitrogens with one attached hydrogen (secondary N) is 2. The van der Waals surface area contributed by atoms with E-state index in [1.54, 1.807) is 12.3 Å². The van der Waals surface area contributed by atoms with Crippen molar-refractivity contribution in [2.45, 2.75) is 20.0 Å². The van der Waals surface area contributed by atoms with E-state index < -0.39 is 0 Å². The minimum atomic E-state index is -0.119. The van der Waals surface area contributed by atoms with Crippen molar-refractivity contribution in [1.29, 1.82) is 0 Å². The Morgan fingerprint density at radius 1 is 1.23 bits per heavy atom. The molecule has 0 spiro atoms. The fourth-order valence-corrected chi connectivity index (χ4v) is 2.26. The van der Waals surface area contributed by atoms with Crippen molar-refractivity contribution in [2.75, 3.05) is 0 Å². The highest BCUT2D eigenvalue weighted by molar-refractivity contribution is 5.93. The maximum atomic E-state index is 12.2. The van der Waals surface area contributed by atoms with E-state index in [1.807, 2.05) is 54.2 Å². The number of aromatic amines is 1. The van der Waals surface area contributed by atoms with Gasteiger partial charge in [0.25, 0.3) is 5.91 Å². The third-order valence-electron chi connectivity index (χ3n) is 3.48. The molecule has 0 saturated heterocycles.